The van der Waals surface area contributed by atoms with Gasteiger partial charge in [0.1, 0.15) is 5.82 Å². The summed E-state index contributed by atoms with van der Waals surface area (Å²) in [4.78, 5) is 3.79. The Morgan fingerprint density at radius 3 is 2.60 bits per heavy atom. The average Bonchev–Trinajstić information content (AvgIpc) is 2.13. The molecule has 1 atom stereocenters. The van der Waals surface area contributed by atoms with Gasteiger partial charge in [-0.2, -0.15) is 0 Å². The molecule has 0 spiro atoms. The van der Waals surface area contributed by atoms with Crippen LogP contribution in [-0.2, 0) is 0 Å². The molecular formula is C12H19FN2. The lowest BCUT2D eigenvalue weighted by Gasteiger charge is -2.20. The fourth-order valence-electron chi connectivity index (χ4n) is 1.39. The molecule has 1 heterocycles. The first-order chi connectivity index (χ1) is 6.88. The summed E-state index contributed by atoms with van der Waals surface area (Å²) in [6.45, 7) is 6.51. The number of nitrogens with zero attached hydrogens (tertiary/aromatic N) is 1. The summed E-state index contributed by atoms with van der Waals surface area (Å²) in [6, 6.07) is 1.34. The largest absolute Gasteiger partial charge is 0.324 e. The van der Waals surface area contributed by atoms with Gasteiger partial charge in [0.25, 0.3) is 0 Å². The van der Waals surface area contributed by atoms with Crippen molar-refractivity contribution in [2.45, 2.75) is 39.7 Å². The average molecular weight is 210 g/mol. The van der Waals surface area contributed by atoms with Crippen molar-refractivity contribution in [2.24, 2.45) is 11.1 Å². The molecule has 2 nitrogen and oxygen atoms in total. The lowest BCUT2D eigenvalue weighted by molar-refractivity contribution is 0.349. The molecule has 1 unspecified atom stereocenters. The van der Waals surface area contributed by atoms with Crippen LogP contribution in [-0.4, -0.2) is 4.98 Å². The van der Waals surface area contributed by atoms with Crippen LogP contribution < -0.4 is 5.73 Å². The monoisotopic (exact) mass is 210 g/mol. The molecule has 0 amide bonds. The summed E-state index contributed by atoms with van der Waals surface area (Å²) in [5.74, 6) is -0.321. The molecule has 2 N–H and O–H groups in total. The van der Waals surface area contributed by atoms with E-state index in [1.807, 2.05) is 0 Å². The first-order valence-corrected chi connectivity index (χ1v) is 5.24. The fourth-order valence-corrected chi connectivity index (χ4v) is 1.39. The standard InChI is InChI=1S/C12H19FN2/c1-12(2,3)5-4-11(14)9-6-10(13)8-15-7-9/h6-8,11H,4-5,14H2,1-3H3. The van der Waals surface area contributed by atoms with E-state index in [1.165, 1.54) is 12.3 Å². The van der Waals surface area contributed by atoms with Crippen LogP contribution in [0.5, 0.6) is 0 Å². The van der Waals surface area contributed by atoms with Gasteiger partial charge in [0.2, 0.25) is 0 Å². The van der Waals surface area contributed by atoms with E-state index in [0.717, 1.165) is 18.4 Å². The molecule has 0 bridgehead atoms. The predicted octanol–water partition coefficient (Wildman–Crippen LogP) is 3.05. The van der Waals surface area contributed by atoms with Crippen molar-refractivity contribution in [3.63, 3.8) is 0 Å². The first-order valence-electron chi connectivity index (χ1n) is 5.24. The van der Waals surface area contributed by atoms with Crippen molar-refractivity contribution in [1.82, 2.24) is 4.98 Å². The highest BCUT2D eigenvalue weighted by atomic mass is 19.1. The zero-order valence-electron chi connectivity index (χ0n) is 9.63. The zero-order chi connectivity index (χ0) is 11.5. The minimum atomic E-state index is -0.321. The third kappa shape index (κ3) is 4.38. The van der Waals surface area contributed by atoms with Crippen molar-refractivity contribution >= 4 is 0 Å². The molecule has 0 radical (unpaired) electrons. The highest BCUT2D eigenvalue weighted by molar-refractivity contribution is 5.14. The molecule has 0 aliphatic heterocycles. The molecular weight excluding hydrogens is 191 g/mol. The van der Waals surface area contributed by atoms with Gasteiger partial charge in [-0.05, 0) is 29.9 Å². The van der Waals surface area contributed by atoms with E-state index < -0.39 is 0 Å². The van der Waals surface area contributed by atoms with Crippen LogP contribution in [0.3, 0.4) is 0 Å². The molecule has 15 heavy (non-hydrogen) atoms. The van der Waals surface area contributed by atoms with Crippen LogP contribution in [0.25, 0.3) is 0 Å². The SMILES string of the molecule is CC(C)(C)CCC(N)c1cncc(F)c1. The van der Waals surface area contributed by atoms with Crippen LogP contribution in [0, 0.1) is 11.2 Å². The third-order valence-corrected chi connectivity index (χ3v) is 2.36. The van der Waals surface area contributed by atoms with Crippen LogP contribution >= 0.6 is 0 Å². The Morgan fingerprint density at radius 1 is 1.40 bits per heavy atom. The van der Waals surface area contributed by atoms with Gasteiger partial charge in [-0.1, -0.05) is 20.8 Å². The van der Waals surface area contributed by atoms with E-state index >= 15 is 0 Å². The van der Waals surface area contributed by atoms with E-state index in [-0.39, 0.29) is 17.3 Å². The molecule has 0 aliphatic rings. The normalized spacial score (nSPS) is 13.9. The van der Waals surface area contributed by atoms with Crippen LogP contribution in [0.4, 0.5) is 4.39 Å². The molecule has 3 heteroatoms. The molecule has 0 aromatic carbocycles. The second kappa shape index (κ2) is 4.71. The van der Waals surface area contributed by atoms with Gasteiger partial charge in [0.15, 0.2) is 0 Å². The van der Waals surface area contributed by atoms with Gasteiger partial charge < -0.3 is 5.73 Å². The van der Waals surface area contributed by atoms with Crippen molar-refractivity contribution in [3.05, 3.63) is 29.8 Å². The van der Waals surface area contributed by atoms with Gasteiger partial charge in [-0.25, -0.2) is 4.39 Å². The van der Waals surface area contributed by atoms with Crippen molar-refractivity contribution in [2.75, 3.05) is 0 Å². The van der Waals surface area contributed by atoms with Gasteiger partial charge in [-0.3, -0.25) is 4.98 Å². The molecule has 0 saturated heterocycles. The number of nitrogens with two attached hydrogens (primary N) is 1. The third-order valence-electron chi connectivity index (χ3n) is 2.36. The molecule has 84 valence electrons. The van der Waals surface area contributed by atoms with E-state index in [1.54, 1.807) is 6.20 Å². The van der Waals surface area contributed by atoms with Crippen LogP contribution in [0.1, 0.15) is 45.2 Å². The summed E-state index contributed by atoms with van der Waals surface area (Å²) in [6.07, 6.45) is 4.70. The fraction of sp³-hybridized carbons (Fsp3) is 0.583. The molecule has 1 aromatic rings. The Bertz CT molecular complexity index is 318. The summed E-state index contributed by atoms with van der Waals surface area (Å²) >= 11 is 0. The van der Waals surface area contributed by atoms with Gasteiger partial charge in [0.05, 0.1) is 6.20 Å². The lowest BCUT2D eigenvalue weighted by atomic mass is 9.88. The second-order valence-corrected chi connectivity index (χ2v) is 5.14. The quantitative estimate of drug-likeness (QED) is 0.832. The molecule has 0 saturated carbocycles. The number of rotatable bonds is 3. The number of hydrogen-bond acceptors (Lipinski definition) is 2. The summed E-state index contributed by atoms with van der Waals surface area (Å²) in [7, 11) is 0. The minimum Gasteiger partial charge on any atom is -0.324 e. The predicted molar refractivity (Wildman–Crippen MR) is 59.8 cm³/mol. The van der Waals surface area contributed by atoms with Gasteiger partial charge >= 0.3 is 0 Å². The highest BCUT2D eigenvalue weighted by Gasteiger charge is 2.14. The van der Waals surface area contributed by atoms with Gasteiger partial charge in [0, 0.05) is 12.2 Å². The highest BCUT2D eigenvalue weighted by Crippen LogP contribution is 2.25. The van der Waals surface area contributed by atoms with E-state index in [0.29, 0.717) is 0 Å². The maximum absolute atomic E-state index is 12.9. The summed E-state index contributed by atoms with van der Waals surface area (Å²) < 4.78 is 12.9. The number of halogens is 1. The van der Waals surface area contributed by atoms with Crippen LogP contribution in [0.2, 0.25) is 0 Å². The molecule has 1 rings (SSSR count). The lowest BCUT2D eigenvalue weighted by Crippen LogP contribution is -2.15. The summed E-state index contributed by atoms with van der Waals surface area (Å²) in [5.41, 5.74) is 7.00. The molecule has 0 fully saturated rings. The Kier molecular flexibility index (Phi) is 3.80. The second-order valence-electron chi connectivity index (χ2n) is 5.14. The molecule has 0 aliphatic carbocycles. The number of aromatic nitrogens is 1. The Labute approximate surface area is 90.7 Å². The van der Waals surface area contributed by atoms with E-state index in [2.05, 4.69) is 25.8 Å². The number of hydrogen-bond donors (Lipinski definition) is 1. The van der Waals surface area contributed by atoms with E-state index in [9.17, 15) is 4.39 Å². The van der Waals surface area contributed by atoms with Gasteiger partial charge in [-0.15, -0.1) is 0 Å². The Hall–Kier alpha value is -0.960. The first kappa shape index (κ1) is 12.1. The topological polar surface area (TPSA) is 38.9 Å². The summed E-state index contributed by atoms with van der Waals surface area (Å²) in [5, 5.41) is 0. The number of pyridine rings is 1. The minimum absolute atomic E-state index is 0.118. The Morgan fingerprint density at radius 2 is 2.07 bits per heavy atom. The van der Waals surface area contributed by atoms with Crippen molar-refractivity contribution in [3.8, 4) is 0 Å². The van der Waals surface area contributed by atoms with Crippen LogP contribution in [0.15, 0.2) is 18.5 Å². The smallest absolute Gasteiger partial charge is 0.141 e. The maximum atomic E-state index is 12.9. The van der Waals surface area contributed by atoms with Crippen molar-refractivity contribution in [1.29, 1.82) is 0 Å². The van der Waals surface area contributed by atoms with E-state index in [4.69, 9.17) is 5.73 Å². The zero-order valence-corrected chi connectivity index (χ0v) is 9.63. The molecule has 1 aromatic heterocycles. The Balaban J connectivity index is 2.58. The van der Waals surface area contributed by atoms with Crippen molar-refractivity contribution < 1.29 is 4.39 Å². The maximum Gasteiger partial charge on any atom is 0.141 e.